The second-order valence-electron chi connectivity index (χ2n) is 4.93. The van der Waals surface area contributed by atoms with Gasteiger partial charge in [-0.15, -0.1) is 0 Å². The first kappa shape index (κ1) is 13.1. The summed E-state index contributed by atoms with van der Waals surface area (Å²) in [7, 11) is 2.11. The highest BCUT2D eigenvalue weighted by Crippen LogP contribution is 2.32. The van der Waals surface area contributed by atoms with Crippen molar-refractivity contribution in [1.29, 1.82) is 0 Å². The van der Waals surface area contributed by atoms with Crippen LogP contribution in [0.2, 0.25) is 0 Å². The Balaban J connectivity index is 2.19. The van der Waals surface area contributed by atoms with Gasteiger partial charge in [-0.25, -0.2) is 0 Å². The molecule has 0 saturated carbocycles. The van der Waals surface area contributed by atoms with Gasteiger partial charge in [-0.2, -0.15) is 0 Å². The van der Waals surface area contributed by atoms with Crippen LogP contribution in [-0.2, 0) is 9.53 Å². The van der Waals surface area contributed by atoms with Gasteiger partial charge in [0.1, 0.15) is 0 Å². The van der Waals surface area contributed by atoms with E-state index < -0.39 is 0 Å². The summed E-state index contributed by atoms with van der Waals surface area (Å²) in [5.74, 6) is 0.215. The van der Waals surface area contributed by atoms with Crippen molar-refractivity contribution >= 4 is 5.97 Å². The molecule has 98 valence electrons. The highest BCUT2D eigenvalue weighted by Gasteiger charge is 2.34. The Morgan fingerprint density at radius 1 is 1.39 bits per heavy atom. The highest BCUT2D eigenvalue weighted by atomic mass is 16.5. The first-order chi connectivity index (χ1) is 8.72. The summed E-state index contributed by atoms with van der Waals surface area (Å²) >= 11 is 0. The average molecular weight is 247 g/mol. The molecule has 0 aromatic heterocycles. The molecule has 1 aromatic carbocycles. The van der Waals surface area contributed by atoms with Crippen molar-refractivity contribution in [1.82, 2.24) is 4.90 Å². The molecule has 3 heteroatoms. The molecule has 18 heavy (non-hydrogen) atoms. The molecule has 1 aliphatic heterocycles. The SMILES string of the molecule is CCOC(=O)[C@@H]1CCN(C)C[C@H]1c1ccccc1. The summed E-state index contributed by atoms with van der Waals surface area (Å²) in [6.07, 6.45) is 0.884. The van der Waals surface area contributed by atoms with Crippen molar-refractivity contribution in [2.75, 3.05) is 26.7 Å². The summed E-state index contributed by atoms with van der Waals surface area (Å²) in [5.41, 5.74) is 1.24. The normalized spacial score (nSPS) is 24.8. The number of hydrogen-bond acceptors (Lipinski definition) is 3. The molecule has 3 nitrogen and oxygen atoms in total. The predicted octanol–water partition coefficient (Wildman–Crippen LogP) is 2.29. The summed E-state index contributed by atoms with van der Waals surface area (Å²) in [6, 6.07) is 10.3. The van der Waals surface area contributed by atoms with Gasteiger partial charge in [-0.1, -0.05) is 30.3 Å². The largest absolute Gasteiger partial charge is 0.466 e. The van der Waals surface area contributed by atoms with Crippen molar-refractivity contribution in [2.45, 2.75) is 19.3 Å². The van der Waals surface area contributed by atoms with Crippen molar-refractivity contribution in [3.63, 3.8) is 0 Å². The number of likely N-dealkylation sites (N-methyl/N-ethyl adjacent to an activating group) is 1. The van der Waals surface area contributed by atoms with Crippen LogP contribution in [-0.4, -0.2) is 37.6 Å². The Bertz CT molecular complexity index is 391. The Kier molecular flexibility index (Phi) is 4.37. The van der Waals surface area contributed by atoms with Crippen LogP contribution in [0.1, 0.15) is 24.8 Å². The quantitative estimate of drug-likeness (QED) is 0.767. The molecule has 0 unspecified atom stereocenters. The average Bonchev–Trinajstić information content (AvgIpc) is 2.40. The van der Waals surface area contributed by atoms with Crippen LogP contribution in [0.5, 0.6) is 0 Å². The molecular formula is C15H21NO2. The zero-order chi connectivity index (χ0) is 13.0. The molecule has 2 atom stereocenters. The smallest absolute Gasteiger partial charge is 0.309 e. The van der Waals surface area contributed by atoms with E-state index in [1.807, 2.05) is 25.1 Å². The molecule has 0 aliphatic carbocycles. The minimum atomic E-state index is -0.0422. The number of carbonyl (C=O) groups excluding carboxylic acids is 1. The van der Waals surface area contributed by atoms with Gasteiger partial charge in [0.15, 0.2) is 0 Å². The fourth-order valence-corrected chi connectivity index (χ4v) is 2.68. The maximum Gasteiger partial charge on any atom is 0.309 e. The lowest BCUT2D eigenvalue weighted by Crippen LogP contribution is -2.40. The van der Waals surface area contributed by atoms with E-state index in [4.69, 9.17) is 4.74 Å². The van der Waals surface area contributed by atoms with E-state index in [1.165, 1.54) is 5.56 Å². The number of ether oxygens (including phenoxy) is 1. The van der Waals surface area contributed by atoms with Crippen molar-refractivity contribution in [2.24, 2.45) is 5.92 Å². The Morgan fingerprint density at radius 2 is 2.11 bits per heavy atom. The van der Waals surface area contributed by atoms with Gasteiger partial charge in [0, 0.05) is 12.5 Å². The zero-order valence-electron chi connectivity index (χ0n) is 11.1. The van der Waals surface area contributed by atoms with Crippen LogP contribution in [0.4, 0.5) is 0 Å². The standard InChI is InChI=1S/C15H21NO2/c1-3-18-15(17)13-9-10-16(2)11-14(13)12-7-5-4-6-8-12/h4-8,13-14H,3,9-11H2,1-2H3/t13-,14+/m1/s1. The van der Waals surface area contributed by atoms with Crippen molar-refractivity contribution < 1.29 is 9.53 Å². The molecule has 0 amide bonds. The number of benzene rings is 1. The Labute approximate surface area is 109 Å². The third-order valence-electron chi connectivity index (χ3n) is 3.63. The zero-order valence-corrected chi connectivity index (χ0v) is 11.1. The number of hydrogen-bond donors (Lipinski definition) is 0. The van der Waals surface area contributed by atoms with Crippen LogP contribution in [0.15, 0.2) is 30.3 Å². The molecular weight excluding hydrogens is 226 g/mol. The second kappa shape index (κ2) is 6.01. The lowest BCUT2D eigenvalue weighted by molar-refractivity contribution is -0.150. The summed E-state index contributed by atoms with van der Waals surface area (Å²) in [6.45, 7) is 4.22. The third kappa shape index (κ3) is 2.91. The highest BCUT2D eigenvalue weighted by molar-refractivity contribution is 5.74. The van der Waals surface area contributed by atoms with E-state index in [9.17, 15) is 4.79 Å². The van der Waals surface area contributed by atoms with Gasteiger partial charge in [-0.3, -0.25) is 4.79 Å². The maximum atomic E-state index is 12.0. The first-order valence-corrected chi connectivity index (χ1v) is 6.62. The van der Waals surface area contributed by atoms with Crippen molar-refractivity contribution in [3.8, 4) is 0 Å². The number of likely N-dealkylation sites (tertiary alicyclic amines) is 1. The van der Waals surface area contributed by atoms with Crippen LogP contribution in [0, 0.1) is 5.92 Å². The van der Waals surface area contributed by atoms with E-state index in [-0.39, 0.29) is 17.8 Å². The number of rotatable bonds is 3. The van der Waals surface area contributed by atoms with Gasteiger partial charge in [0.05, 0.1) is 12.5 Å². The molecule has 0 N–H and O–H groups in total. The Morgan fingerprint density at radius 3 is 2.78 bits per heavy atom. The summed E-state index contributed by atoms with van der Waals surface area (Å²) in [4.78, 5) is 14.3. The topological polar surface area (TPSA) is 29.5 Å². The number of carbonyl (C=O) groups is 1. The van der Waals surface area contributed by atoms with Gasteiger partial charge >= 0.3 is 5.97 Å². The van der Waals surface area contributed by atoms with E-state index in [0.717, 1.165) is 19.5 Å². The van der Waals surface area contributed by atoms with E-state index in [2.05, 4.69) is 24.1 Å². The molecule has 1 aliphatic rings. The maximum absolute atomic E-state index is 12.0. The molecule has 0 radical (unpaired) electrons. The Hall–Kier alpha value is -1.35. The predicted molar refractivity (Wildman–Crippen MR) is 71.4 cm³/mol. The fraction of sp³-hybridized carbons (Fsp3) is 0.533. The summed E-state index contributed by atoms with van der Waals surface area (Å²) in [5, 5.41) is 0. The molecule has 2 rings (SSSR count). The lowest BCUT2D eigenvalue weighted by atomic mass is 9.81. The lowest BCUT2D eigenvalue weighted by Gasteiger charge is -2.35. The third-order valence-corrected chi connectivity index (χ3v) is 3.63. The molecule has 1 saturated heterocycles. The van der Waals surface area contributed by atoms with Gasteiger partial charge in [0.25, 0.3) is 0 Å². The fourth-order valence-electron chi connectivity index (χ4n) is 2.68. The van der Waals surface area contributed by atoms with Crippen LogP contribution >= 0.6 is 0 Å². The molecule has 1 aromatic rings. The van der Waals surface area contributed by atoms with E-state index in [0.29, 0.717) is 6.61 Å². The van der Waals surface area contributed by atoms with E-state index >= 15 is 0 Å². The molecule has 0 bridgehead atoms. The molecule has 1 fully saturated rings. The minimum Gasteiger partial charge on any atom is -0.466 e. The van der Waals surface area contributed by atoms with Crippen LogP contribution in [0.25, 0.3) is 0 Å². The van der Waals surface area contributed by atoms with Crippen LogP contribution < -0.4 is 0 Å². The summed E-state index contributed by atoms with van der Waals surface area (Å²) < 4.78 is 5.21. The van der Waals surface area contributed by atoms with E-state index in [1.54, 1.807) is 0 Å². The minimum absolute atomic E-state index is 0.00329. The monoisotopic (exact) mass is 247 g/mol. The number of esters is 1. The van der Waals surface area contributed by atoms with Gasteiger partial charge in [-0.05, 0) is 32.5 Å². The molecule has 0 spiro atoms. The van der Waals surface area contributed by atoms with Crippen molar-refractivity contribution in [3.05, 3.63) is 35.9 Å². The first-order valence-electron chi connectivity index (χ1n) is 6.62. The molecule has 1 heterocycles. The van der Waals surface area contributed by atoms with Gasteiger partial charge < -0.3 is 9.64 Å². The second-order valence-corrected chi connectivity index (χ2v) is 4.93. The van der Waals surface area contributed by atoms with Crippen LogP contribution in [0.3, 0.4) is 0 Å². The number of nitrogens with zero attached hydrogens (tertiary/aromatic N) is 1. The number of piperidine rings is 1. The van der Waals surface area contributed by atoms with Gasteiger partial charge in [0.2, 0.25) is 0 Å².